The summed E-state index contributed by atoms with van der Waals surface area (Å²) >= 11 is 0. The van der Waals surface area contributed by atoms with Crippen LogP contribution in [0.4, 0.5) is 0 Å². The van der Waals surface area contributed by atoms with Gasteiger partial charge < -0.3 is 8.74 Å². The van der Waals surface area contributed by atoms with Gasteiger partial charge in [-0.15, -0.1) is 0 Å². The van der Waals surface area contributed by atoms with E-state index in [-0.39, 0.29) is 73.6 Å². The van der Waals surface area contributed by atoms with Crippen LogP contribution in [0.3, 0.4) is 0 Å². The molecular weight excluding hydrogens is 335 g/mol. The summed E-state index contributed by atoms with van der Waals surface area (Å²) in [5.74, 6) is -1.41. The van der Waals surface area contributed by atoms with E-state index in [9.17, 15) is 22.6 Å². The number of fused-ring (bicyclic) bond motifs is 2. The number of carbonyl (C=O) groups is 2. The van der Waals surface area contributed by atoms with Gasteiger partial charge >= 0.3 is 51.4 Å². The number of benzene rings is 2. The Kier molecular flexibility index (Phi) is 5.02. The van der Waals surface area contributed by atoms with E-state index in [0.717, 1.165) is 6.07 Å². The first-order valence-corrected chi connectivity index (χ1v) is 7.18. The van der Waals surface area contributed by atoms with Crippen molar-refractivity contribution >= 4 is 22.0 Å². The zero-order valence-electron chi connectivity index (χ0n) is 11.4. The van der Waals surface area contributed by atoms with Crippen molar-refractivity contribution in [3.05, 3.63) is 64.7 Å². The van der Waals surface area contributed by atoms with Crippen molar-refractivity contribution in [2.24, 2.45) is 0 Å². The van der Waals surface area contributed by atoms with Crippen LogP contribution in [0.25, 0.3) is 0 Å². The fourth-order valence-electron chi connectivity index (χ4n) is 2.29. The predicted octanol–water partition coefficient (Wildman–Crippen LogP) is -1.69. The van der Waals surface area contributed by atoms with Crippen molar-refractivity contribution in [2.45, 2.75) is 0 Å². The molecule has 0 fully saturated rings. The zero-order valence-corrected chi connectivity index (χ0v) is 15.3. The quantitative estimate of drug-likeness (QED) is 0.313. The van der Waals surface area contributed by atoms with E-state index < -0.39 is 27.7 Å². The molecule has 2 aromatic rings. The molecule has 1 aliphatic carbocycles. The molecule has 0 atom stereocenters. The van der Waals surface area contributed by atoms with E-state index in [1.165, 1.54) is 24.3 Å². The summed E-state index contributed by atoms with van der Waals surface area (Å²) in [6.45, 7) is 0. The van der Waals surface area contributed by atoms with Crippen LogP contribution in [-0.4, -0.2) is 24.5 Å². The van der Waals surface area contributed by atoms with Gasteiger partial charge in [-0.05, 0) is 6.07 Å². The smallest absolute Gasteiger partial charge is 0.716 e. The topological polar surface area (TPSA) is 101 Å². The van der Waals surface area contributed by atoms with Crippen LogP contribution in [0, 0.1) is 0 Å². The average Bonchev–Trinajstić information content (AvgIpc) is 2.43. The molecule has 0 N–H and O–H groups in total. The molecule has 1 aliphatic rings. The molecule has 0 amide bonds. The van der Waals surface area contributed by atoms with Crippen LogP contribution < -0.4 is 55.6 Å². The maximum absolute atomic E-state index is 12.4. The van der Waals surface area contributed by atoms with Gasteiger partial charge in [0, 0.05) is 16.7 Å². The van der Waals surface area contributed by atoms with Crippen LogP contribution in [0.1, 0.15) is 31.8 Å². The number of ketones is 2. The second-order valence-corrected chi connectivity index (χ2v) is 5.36. The second kappa shape index (κ2) is 6.32. The molecular formula is C14H7KO6S. The minimum atomic E-state index is -5.04. The van der Waals surface area contributed by atoms with Gasteiger partial charge in [-0.3, -0.25) is 9.59 Å². The standard InChI is InChI=1S/C14H8O6S.K/c15-13-8-4-1-2-5-9(8)14(16)12-10(13)6-3-7-11(12)20-21(17,18)19;/h1-7H,(H,17,18,19);/q;+1/p-1. The molecule has 0 saturated carbocycles. The van der Waals surface area contributed by atoms with Gasteiger partial charge in [-0.1, -0.05) is 36.4 Å². The molecule has 6 nitrogen and oxygen atoms in total. The molecule has 0 radical (unpaired) electrons. The fourth-order valence-corrected chi connectivity index (χ4v) is 2.65. The van der Waals surface area contributed by atoms with E-state index in [1.807, 2.05) is 0 Å². The molecule has 106 valence electrons. The number of carbonyl (C=O) groups excluding carboxylic acids is 2. The molecule has 0 spiro atoms. The molecule has 0 bridgehead atoms. The third-order valence-corrected chi connectivity index (χ3v) is 3.49. The van der Waals surface area contributed by atoms with E-state index in [1.54, 1.807) is 12.1 Å². The van der Waals surface area contributed by atoms with Gasteiger partial charge in [-0.25, -0.2) is 8.42 Å². The minimum Gasteiger partial charge on any atom is -0.716 e. The average molecular weight is 342 g/mol. The maximum Gasteiger partial charge on any atom is 1.00 e. The first-order valence-electron chi connectivity index (χ1n) is 5.85. The Morgan fingerprint density at radius 1 is 0.818 bits per heavy atom. The van der Waals surface area contributed by atoms with Crippen molar-refractivity contribution in [1.82, 2.24) is 0 Å². The summed E-state index contributed by atoms with van der Waals surface area (Å²) in [4.78, 5) is 24.8. The zero-order chi connectivity index (χ0) is 15.2. The molecule has 0 unspecified atom stereocenters. The molecule has 0 saturated heterocycles. The molecule has 22 heavy (non-hydrogen) atoms. The van der Waals surface area contributed by atoms with Crippen molar-refractivity contribution in [3.8, 4) is 5.75 Å². The molecule has 0 heterocycles. The third-order valence-electron chi connectivity index (χ3n) is 3.11. The maximum atomic E-state index is 12.4. The van der Waals surface area contributed by atoms with Crippen molar-refractivity contribution in [2.75, 3.05) is 0 Å². The summed E-state index contributed by atoms with van der Waals surface area (Å²) in [5.41, 5.74) is 0.187. The summed E-state index contributed by atoms with van der Waals surface area (Å²) in [5, 5.41) is 0. The van der Waals surface area contributed by atoms with Crippen molar-refractivity contribution in [1.29, 1.82) is 0 Å². The third kappa shape index (κ3) is 3.09. The van der Waals surface area contributed by atoms with E-state index in [2.05, 4.69) is 4.18 Å². The van der Waals surface area contributed by atoms with Crippen LogP contribution in [0.5, 0.6) is 5.75 Å². The fraction of sp³-hybridized carbons (Fsp3) is 0. The summed E-state index contributed by atoms with van der Waals surface area (Å²) in [6.07, 6.45) is 0. The Hall–Kier alpha value is -0.874. The predicted molar refractivity (Wildman–Crippen MR) is 70.1 cm³/mol. The van der Waals surface area contributed by atoms with Crippen LogP contribution in [-0.2, 0) is 10.4 Å². The van der Waals surface area contributed by atoms with Gasteiger partial charge in [0.05, 0.1) is 5.56 Å². The van der Waals surface area contributed by atoms with E-state index in [4.69, 9.17) is 0 Å². The molecule has 8 heteroatoms. The van der Waals surface area contributed by atoms with Gasteiger partial charge in [0.1, 0.15) is 0 Å². The molecule has 3 rings (SSSR count). The van der Waals surface area contributed by atoms with Crippen LogP contribution >= 0.6 is 0 Å². The largest absolute Gasteiger partial charge is 1.00 e. The molecule has 0 aromatic heterocycles. The van der Waals surface area contributed by atoms with Gasteiger partial charge in [0.25, 0.3) is 10.4 Å². The van der Waals surface area contributed by atoms with Crippen LogP contribution in [0.15, 0.2) is 42.5 Å². The monoisotopic (exact) mass is 342 g/mol. The number of rotatable bonds is 2. The van der Waals surface area contributed by atoms with Crippen molar-refractivity contribution < 1.29 is 78.1 Å². The summed E-state index contributed by atoms with van der Waals surface area (Å²) in [6, 6.07) is 10.1. The Labute approximate surface area is 168 Å². The molecule has 0 aliphatic heterocycles. The van der Waals surface area contributed by atoms with E-state index >= 15 is 0 Å². The first-order chi connectivity index (χ1) is 9.88. The van der Waals surface area contributed by atoms with E-state index in [0.29, 0.717) is 0 Å². The Morgan fingerprint density at radius 2 is 1.36 bits per heavy atom. The normalized spacial score (nSPS) is 13.0. The van der Waals surface area contributed by atoms with Gasteiger partial charge in [0.2, 0.25) is 0 Å². The summed E-state index contributed by atoms with van der Waals surface area (Å²) in [7, 11) is -5.04. The molecule has 2 aromatic carbocycles. The summed E-state index contributed by atoms with van der Waals surface area (Å²) < 4.78 is 36.5. The van der Waals surface area contributed by atoms with Crippen molar-refractivity contribution in [3.63, 3.8) is 0 Å². The number of hydrogen-bond acceptors (Lipinski definition) is 6. The van der Waals surface area contributed by atoms with Gasteiger partial charge in [0.15, 0.2) is 17.3 Å². The Morgan fingerprint density at radius 3 is 1.95 bits per heavy atom. The minimum absolute atomic E-state index is 0. The SMILES string of the molecule is O=C1c2ccccc2C(=O)c2c(OS(=O)(=O)[O-])cccc21.[K+]. The Bertz CT molecular complexity index is 888. The first kappa shape index (κ1) is 17.5. The number of hydrogen-bond donors (Lipinski definition) is 0. The van der Waals surface area contributed by atoms with Gasteiger partial charge in [-0.2, -0.15) is 0 Å². The second-order valence-electron chi connectivity index (χ2n) is 4.37. The van der Waals surface area contributed by atoms with Crippen LogP contribution in [0.2, 0.25) is 0 Å². The Balaban J connectivity index is 0.00000176.